The number of benzene rings is 2. The van der Waals surface area contributed by atoms with Crippen molar-refractivity contribution in [2.24, 2.45) is 5.73 Å². The van der Waals surface area contributed by atoms with Crippen LogP contribution in [-0.2, 0) is 14.6 Å². The highest BCUT2D eigenvalue weighted by Crippen LogP contribution is 2.33. The van der Waals surface area contributed by atoms with Crippen LogP contribution in [-0.4, -0.2) is 59.5 Å². The van der Waals surface area contributed by atoms with Gasteiger partial charge in [0.15, 0.2) is 15.4 Å². The fourth-order valence-electron chi connectivity index (χ4n) is 3.39. The average molecular weight is 434 g/mol. The first-order valence-corrected chi connectivity index (χ1v) is 10.7. The molecule has 0 saturated carbocycles. The molecule has 0 aliphatic carbocycles. The van der Waals surface area contributed by atoms with Crippen molar-refractivity contribution in [2.75, 3.05) is 13.1 Å². The van der Waals surface area contributed by atoms with E-state index in [2.05, 4.69) is 0 Å². The zero-order valence-corrected chi connectivity index (χ0v) is 17.0. The number of urea groups is 1. The van der Waals surface area contributed by atoms with E-state index in [0.717, 1.165) is 10.5 Å². The van der Waals surface area contributed by atoms with Crippen LogP contribution in [0.2, 0.25) is 0 Å². The van der Waals surface area contributed by atoms with E-state index in [4.69, 9.17) is 10.5 Å². The maximum Gasteiger partial charge on any atom is 0.338 e. The second-order valence-corrected chi connectivity index (χ2v) is 9.33. The number of aliphatic carboxylic acids is 1. The Morgan fingerprint density at radius 3 is 2.13 bits per heavy atom. The van der Waals surface area contributed by atoms with Crippen molar-refractivity contribution in [1.82, 2.24) is 4.90 Å². The number of carbonyl (C=O) groups excluding carboxylic acids is 1. The van der Waals surface area contributed by atoms with E-state index in [1.54, 1.807) is 12.1 Å². The molecule has 2 aromatic carbocycles. The number of aliphatic hydroxyl groups is 1. The molecule has 1 fully saturated rings. The lowest BCUT2D eigenvalue weighted by atomic mass is 9.92. The van der Waals surface area contributed by atoms with E-state index in [1.165, 1.54) is 24.3 Å². The number of likely N-dealkylation sites (tertiary alicyclic amines) is 1. The summed E-state index contributed by atoms with van der Waals surface area (Å²) in [4.78, 5) is 23.8. The number of piperidine rings is 1. The third-order valence-corrected chi connectivity index (χ3v) is 7.40. The van der Waals surface area contributed by atoms with Gasteiger partial charge in [-0.3, -0.25) is 0 Å². The average Bonchev–Trinajstić information content (AvgIpc) is 2.69. The number of carboxylic acids is 1. The third-order valence-electron chi connectivity index (χ3n) is 5.09. The number of rotatable bonds is 5. The molecule has 2 amide bonds. The van der Waals surface area contributed by atoms with Gasteiger partial charge >= 0.3 is 12.0 Å². The Labute approximate surface area is 173 Å². The third kappa shape index (κ3) is 4.10. The second kappa shape index (κ2) is 7.96. The Morgan fingerprint density at radius 1 is 1.10 bits per heavy atom. The maximum atomic E-state index is 13.1. The van der Waals surface area contributed by atoms with Gasteiger partial charge < -0.3 is 25.6 Å². The number of β-amino-alcohol motifs (C(OH)–C–C–N with tert-alkyl or cyclic N) is 1. The molecule has 10 heteroatoms. The Balaban J connectivity index is 1.86. The topological polar surface area (TPSA) is 147 Å². The van der Waals surface area contributed by atoms with Gasteiger partial charge in [0.25, 0.3) is 0 Å². The number of carbonyl (C=O) groups is 2. The Kier molecular flexibility index (Phi) is 5.73. The van der Waals surface area contributed by atoms with Gasteiger partial charge in [-0.25, -0.2) is 18.0 Å². The van der Waals surface area contributed by atoms with Crippen LogP contribution >= 0.6 is 0 Å². The summed E-state index contributed by atoms with van der Waals surface area (Å²) < 4.78 is 31.9. The number of primary amides is 1. The molecule has 1 aliphatic rings. The first-order chi connectivity index (χ1) is 14.0. The van der Waals surface area contributed by atoms with E-state index >= 15 is 0 Å². The van der Waals surface area contributed by atoms with Gasteiger partial charge in [-0.2, -0.15) is 0 Å². The Hall–Kier alpha value is -3.11. The van der Waals surface area contributed by atoms with E-state index in [1.807, 2.05) is 19.1 Å². The minimum absolute atomic E-state index is 0.0799. The molecule has 1 aliphatic heterocycles. The zero-order valence-electron chi connectivity index (χ0n) is 16.2. The van der Waals surface area contributed by atoms with Gasteiger partial charge in [0.2, 0.25) is 0 Å². The molecule has 0 radical (unpaired) electrons. The Bertz CT molecular complexity index is 1050. The van der Waals surface area contributed by atoms with Crippen LogP contribution in [0.25, 0.3) is 0 Å². The standard InChI is InChI=1S/C20H22N2O7S/c1-13-2-4-14(5-3-13)29-15-6-8-16(9-7-15)30(27,28)17-10-11-22(19(21)25)12-20(17,26)18(23)24/h2-9,17,26H,10-12H2,1H3,(H2,21,25)(H,23,24). The van der Waals surface area contributed by atoms with Crippen LogP contribution in [0, 0.1) is 6.92 Å². The maximum absolute atomic E-state index is 13.1. The summed E-state index contributed by atoms with van der Waals surface area (Å²) in [6.07, 6.45) is -0.268. The minimum atomic E-state index is -4.22. The molecule has 0 spiro atoms. The lowest BCUT2D eigenvalue weighted by Gasteiger charge is -2.40. The van der Waals surface area contributed by atoms with Crippen LogP contribution in [0.5, 0.6) is 11.5 Å². The summed E-state index contributed by atoms with van der Waals surface area (Å²) in [5.41, 5.74) is 3.55. The summed E-state index contributed by atoms with van der Waals surface area (Å²) in [6, 6.07) is 11.9. The summed E-state index contributed by atoms with van der Waals surface area (Å²) >= 11 is 0. The fourth-order valence-corrected chi connectivity index (χ4v) is 5.34. The molecular formula is C20H22N2O7S. The molecule has 4 N–H and O–H groups in total. The number of carboxylic acid groups (broad SMARTS) is 1. The van der Waals surface area contributed by atoms with Gasteiger partial charge in [-0.15, -0.1) is 0 Å². The van der Waals surface area contributed by atoms with Crippen LogP contribution in [0.4, 0.5) is 4.79 Å². The molecule has 9 nitrogen and oxygen atoms in total. The summed E-state index contributed by atoms with van der Waals surface area (Å²) in [5, 5.41) is 18.5. The van der Waals surface area contributed by atoms with Gasteiger partial charge in [0.1, 0.15) is 16.7 Å². The van der Waals surface area contributed by atoms with E-state index < -0.39 is 39.2 Å². The highest BCUT2D eigenvalue weighted by Gasteiger charge is 2.55. The molecule has 0 bridgehead atoms. The van der Waals surface area contributed by atoms with Crippen molar-refractivity contribution >= 4 is 21.8 Å². The summed E-state index contributed by atoms with van der Waals surface area (Å²) in [6.45, 7) is 1.15. The quantitative estimate of drug-likeness (QED) is 0.646. The largest absolute Gasteiger partial charge is 0.479 e. The van der Waals surface area contributed by atoms with Crippen LogP contribution in [0.3, 0.4) is 0 Å². The van der Waals surface area contributed by atoms with Gasteiger partial charge in [-0.1, -0.05) is 17.7 Å². The molecule has 3 rings (SSSR count). The first kappa shape index (κ1) is 21.6. The predicted octanol–water partition coefficient (Wildman–Crippen LogP) is 1.53. The summed E-state index contributed by atoms with van der Waals surface area (Å²) in [7, 11) is -4.22. The van der Waals surface area contributed by atoms with Crippen LogP contribution in [0.15, 0.2) is 53.4 Å². The van der Waals surface area contributed by atoms with Crippen molar-refractivity contribution in [1.29, 1.82) is 0 Å². The number of hydrogen-bond donors (Lipinski definition) is 3. The lowest BCUT2D eigenvalue weighted by molar-refractivity contribution is -0.162. The lowest BCUT2D eigenvalue weighted by Crippen LogP contribution is -2.65. The van der Waals surface area contributed by atoms with E-state index in [9.17, 15) is 28.2 Å². The summed E-state index contributed by atoms with van der Waals surface area (Å²) in [5.74, 6) is -0.758. The molecule has 2 aromatic rings. The smallest absolute Gasteiger partial charge is 0.338 e. The van der Waals surface area contributed by atoms with Gasteiger partial charge in [0, 0.05) is 6.54 Å². The number of ether oxygens (including phenoxy) is 1. The number of nitrogens with two attached hydrogens (primary N) is 1. The molecular weight excluding hydrogens is 412 g/mol. The monoisotopic (exact) mass is 434 g/mol. The van der Waals surface area contributed by atoms with Gasteiger partial charge in [0.05, 0.1) is 11.4 Å². The number of nitrogens with zero attached hydrogens (tertiary/aromatic N) is 1. The number of hydrogen-bond acceptors (Lipinski definition) is 6. The molecule has 2 atom stereocenters. The van der Waals surface area contributed by atoms with Crippen LogP contribution < -0.4 is 10.5 Å². The second-order valence-electron chi connectivity index (χ2n) is 7.20. The fraction of sp³-hybridized carbons (Fsp3) is 0.300. The zero-order chi connectivity index (χ0) is 22.1. The molecule has 30 heavy (non-hydrogen) atoms. The first-order valence-electron chi connectivity index (χ1n) is 9.12. The molecule has 1 heterocycles. The van der Waals surface area contributed by atoms with Crippen molar-refractivity contribution in [2.45, 2.75) is 29.1 Å². The number of amides is 2. The highest BCUT2D eigenvalue weighted by molar-refractivity contribution is 7.92. The van der Waals surface area contributed by atoms with Crippen molar-refractivity contribution in [3.63, 3.8) is 0 Å². The molecule has 2 unspecified atom stereocenters. The minimum Gasteiger partial charge on any atom is -0.479 e. The normalized spacial score (nSPS) is 21.8. The highest BCUT2D eigenvalue weighted by atomic mass is 32.2. The van der Waals surface area contributed by atoms with Crippen LogP contribution in [0.1, 0.15) is 12.0 Å². The van der Waals surface area contributed by atoms with E-state index in [-0.39, 0.29) is 17.9 Å². The van der Waals surface area contributed by atoms with Gasteiger partial charge in [-0.05, 0) is 49.7 Å². The predicted molar refractivity (Wildman–Crippen MR) is 107 cm³/mol. The molecule has 0 aromatic heterocycles. The molecule has 160 valence electrons. The van der Waals surface area contributed by atoms with Crippen molar-refractivity contribution < 1.29 is 33.0 Å². The number of sulfone groups is 1. The van der Waals surface area contributed by atoms with E-state index in [0.29, 0.717) is 11.5 Å². The van der Waals surface area contributed by atoms with Crippen molar-refractivity contribution in [3.05, 3.63) is 54.1 Å². The Morgan fingerprint density at radius 2 is 1.63 bits per heavy atom. The number of aryl methyl sites for hydroxylation is 1. The SMILES string of the molecule is Cc1ccc(Oc2ccc(S(=O)(=O)C3CCN(C(N)=O)CC3(O)C(=O)O)cc2)cc1. The molecule has 1 saturated heterocycles. The van der Waals surface area contributed by atoms with Crippen molar-refractivity contribution in [3.8, 4) is 11.5 Å².